The summed E-state index contributed by atoms with van der Waals surface area (Å²) in [4.78, 5) is 0. The third kappa shape index (κ3) is 3.88. The number of hydrogen-bond donors (Lipinski definition) is 4. The van der Waals surface area contributed by atoms with Crippen LogP contribution >= 0.6 is 0 Å². The van der Waals surface area contributed by atoms with Crippen LogP contribution in [0.4, 0.5) is 0 Å². The summed E-state index contributed by atoms with van der Waals surface area (Å²) in [6, 6.07) is 0. The highest BCUT2D eigenvalue weighted by molar-refractivity contribution is 5.25. The molecule has 0 bridgehead atoms. The SMILES string of the molecule is C=C[C@@]1(C)CC[C@H]2C(=CC[C@H]3[C@]2(C)CC[C@H](O)[C@]3(C)CO[C@@H]2OC(CO)=C[C@@H](O)[C@@H]2O)C1. The van der Waals surface area contributed by atoms with Crippen molar-refractivity contribution in [2.24, 2.45) is 28.1 Å². The highest BCUT2D eigenvalue weighted by Gasteiger charge is 2.58. The molecule has 1 aliphatic heterocycles. The summed E-state index contributed by atoms with van der Waals surface area (Å²) in [5.41, 5.74) is 1.28. The van der Waals surface area contributed by atoms with Crippen LogP contribution in [0.1, 0.15) is 59.3 Å². The van der Waals surface area contributed by atoms with Crippen LogP contribution in [-0.4, -0.2) is 58.2 Å². The maximum absolute atomic E-state index is 11.1. The summed E-state index contributed by atoms with van der Waals surface area (Å²) in [7, 11) is 0. The molecule has 0 aromatic carbocycles. The first-order valence-corrected chi connectivity index (χ1v) is 12.0. The van der Waals surface area contributed by atoms with E-state index < -0.39 is 30.0 Å². The molecule has 0 aromatic heterocycles. The first-order chi connectivity index (χ1) is 15.1. The second-order valence-corrected chi connectivity index (χ2v) is 11.3. The van der Waals surface area contributed by atoms with Crippen molar-refractivity contribution in [2.75, 3.05) is 13.2 Å². The van der Waals surface area contributed by atoms with Gasteiger partial charge in [0.05, 0.1) is 12.7 Å². The lowest BCUT2D eigenvalue weighted by Gasteiger charge is -2.61. The molecule has 0 unspecified atom stereocenters. The van der Waals surface area contributed by atoms with Crippen molar-refractivity contribution in [1.82, 2.24) is 0 Å². The Balaban J connectivity index is 1.55. The molecule has 2 saturated carbocycles. The molecule has 0 aromatic rings. The standard InChI is InChI=1S/C26H40O6/c1-5-24(2)10-8-18-16(13-24)6-7-20-25(18,3)11-9-21(29)26(20,4)15-31-23-22(30)19(28)12-17(14-27)32-23/h5-6,12,18-23,27-30H,1,7-11,13-15H2,2-4H3/t18-,19+,20-,21-,22-,23+,24-,25+,26+/m0/s1. The molecule has 0 radical (unpaired) electrons. The number of rotatable bonds is 5. The Labute approximate surface area is 191 Å². The highest BCUT2D eigenvalue weighted by atomic mass is 16.7. The van der Waals surface area contributed by atoms with E-state index in [0.717, 1.165) is 32.1 Å². The van der Waals surface area contributed by atoms with Crippen molar-refractivity contribution in [1.29, 1.82) is 0 Å². The second kappa shape index (κ2) is 8.55. The Morgan fingerprint density at radius 2 is 1.94 bits per heavy atom. The molecular weight excluding hydrogens is 408 g/mol. The first-order valence-electron chi connectivity index (χ1n) is 12.0. The molecule has 32 heavy (non-hydrogen) atoms. The monoisotopic (exact) mass is 448 g/mol. The second-order valence-electron chi connectivity index (χ2n) is 11.3. The van der Waals surface area contributed by atoms with E-state index >= 15 is 0 Å². The molecule has 0 amide bonds. The van der Waals surface area contributed by atoms with E-state index in [4.69, 9.17) is 9.47 Å². The molecule has 4 N–H and O–H groups in total. The quantitative estimate of drug-likeness (QED) is 0.483. The maximum Gasteiger partial charge on any atom is 0.228 e. The predicted molar refractivity (Wildman–Crippen MR) is 121 cm³/mol. The molecular formula is C26H40O6. The Morgan fingerprint density at radius 1 is 1.19 bits per heavy atom. The van der Waals surface area contributed by atoms with E-state index in [-0.39, 0.29) is 35.7 Å². The van der Waals surface area contributed by atoms with E-state index in [1.165, 1.54) is 6.08 Å². The normalized spacial score (nSPS) is 48.6. The van der Waals surface area contributed by atoms with Gasteiger partial charge in [0.2, 0.25) is 6.29 Å². The summed E-state index contributed by atoms with van der Waals surface area (Å²) >= 11 is 0. The minimum absolute atomic E-state index is 0.0750. The molecule has 4 aliphatic rings. The zero-order chi connectivity index (χ0) is 23.3. The molecule has 180 valence electrons. The molecule has 6 heteroatoms. The summed E-state index contributed by atoms with van der Waals surface area (Å²) in [5.74, 6) is 0.923. The van der Waals surface area contributed by atoms with Gasteiger partial charge in [0, 0.05) is 5.41 Å². The van der Waals surface area contributed by atoms with Gasteiger partial charge in [-0.3, -0.25) is 0 Å². The summed E-state index contributed by atoms with van der Waals surface area (Å²) in [6.45, 7) is 10.7. The van der Waals surface area contributed by atoms with Gasteiger partial charge in [-0.25, -0.2) is 0 Å². The highest BCUT2D eigenvalue weighted by Crippen LogP contribution is 2.63. The predicted octanol–water partition coefficient (Wildman–Crippen LogP) is 3.06. The van der Waals surface area contributed by atoms with E-state index in [1.54, 1.807) is 5.57 Å². The van der Waals surface area contributed by atoms with E-state index in [1.807, 2.05) is 0 Å². The largest absolute Gasteiger partial charge is 0.464 e. The minimum Gasteiger partial charge on any atom is -0.464 e. The first kappa shape index (κ1) is 24.0. The molecule has 1 heterocycles. The Kier molecular flexibility index (Phi) is 6.40. The van der Waals surface area contributed by atoms with E-state index in [0.29, 0.717) is 12.3 Å². The van der Waals surface area contributed by atoms with Crippen LogP contribution in [0.3, 0.4) is 0 Å². The van der Waals surface area contributed by atoms with Crippen molar-refractivity contribution in [3.63, 3.8) is 0 Å². The molecule has 9 atom stereocenters. The lowest BCUT2D eigenvalue weighted by molar-refractivity contribution is -0.240. The van der Waals surface area contributed by atoms with Crippen LogP contribution in [0.5, 0.6) is 0 Å². The van der Waals surface area contributed by atoms with Gasteiger partial charge in [0.25, 0.3) is 0 Å². The van der Waals surface area contributed by atoms with Crippen LogP contribution in [0.2, 0.25) is 0 Å². The average Bonchev–Trinajstić information content (AvgIpc) is 2.77. The van der Waals surface area contributed by atoms with Gasteiger partial charge in [0.15, 0.2) is 0 Å². The lowest BCUT2D eigenvalue weighted by atomic mass is 9.45. The van der Waals surface area contributed by atoms with Crippen LogP contribution in [0.25, 0.3) is 0 Å². The molecule has 3 aliphatic carbocycles. The topological polar surface area (TPSA) is 99.4 Å². The van der Waals surface area contributed by atoms with Crippen LogP contribution in [0, 0.1) is 28.1 Å². The van der Waals surface area contributed by atoms with E-state index in [9.17, 15) is 20.4 Å². The zero-order valence-corrected chi connectivity index (χ0v) is 19.7. The van der Waals surface area contributed by atoms with Crippen LogP contribution in [0.15, 0.2) is 36.1 Å². The molecule has 0 spiro atoms. The van der Waals surface area contributed by atoms with Gasteiger partial charge in [-0.1, -0.05) is 38.5 Å². The number of hydrogen-bond acceptors (Lipinski definition) is 6. The third-order valence-corrected chi connectivity index (χ3v) is 9.24. The zero-order valence-electron chi connectivity index (χ0n) is 19.7. The fourth-order valence-corrected chi connectivity index (χ4v) is 7.03. The fourth-order valence-electron chi connectivity index (χ4n) is 7.03. The number of aliphatic hydroxyl groups is 4. The number of allylic oxidation sites excluding steroid dienone is 3. The minimum atomic E-state index is -1.24. The van der Waals surface area contributed by atoms with Crippen molar-refractivity contribution < 1.29 is 29.9 Å². The summed E-state index contributed by atoms with van der Waals surface area (Å²) < 4.78 is 11.6. The van der Waals surface area contributed by atoms with Gasteiger partial charge in [0.1, 0.15) is 24.6 Å². The summed E-state index contributed by atoms with van der Waals surface area (Å²) in [5, 5.41) is 40.9. The Bertz CT molecular complexity index is 791. The number of fused-ring (bicyclic) bond motifs is 3. The van der Waals surface area contributed by atoms with E-state index in [2.05, 4.69) is 39.5 Å². The van der Waals surface area contributed by atoms with Gasteiger partial charge in [-0.05, 0) is 67.3 Å². The average molecular weight is 449 g/mol. The van der Waals surface area contributed by atoms with Crippen molar-refractivity contribution in [3.8, 4) is 0 Å². The molecule has 0 saturated heterocycles. The van der Waals surface area contributed by atoms with Crippen LogP contribution < -0.4 is 0 Å². The van der Waals surface area contributed by atoms with Crippen molar-refractivity contribution in [2.45, 2.75) is 83.9 Å². The third-order valence-electron chi connectivity index (χ3n) is 9.24. The van der Waals surface area contributed by atoms with Crippen molar-refractivity contribution >= 4 is 0 Å². The number of ether oxygens (including phenoxy) is 2. The smallest absolute Gasteiger partial charge is 0.228 e. The Morgan fingerprint density at radius 3 is 2.62 bits per heavy atom. The Hall–Kier alpha value is -1.18. The van der Waals surface area contributed by atoms with Gasteiger partial charge >= 0.3 is 0 Å². The van der Waals surface area contributed by atoms with Gasteiger partial charge in [-0.15, -0.1) is 6.58 Å². The fraction of sp³-hybridized carbons (Fsp3) is 0.769. The van der Waals surface area contributed by atoms with Gasteiger partial charge in [-0.2, -0.15) is 0 Å². The van der Waals surface area contributed by atoms with Crippen molar-refractivity contribution in [3.05, 3.63) is 36.1 Å². The lowest BCUT2D eigenvalue weighted by Crippen LogP contribution is -2.58. The summed E-state index contributed by atoms with van der Waals surface area (Å²) in [6.07, 6.45) is 7.74. The molecule has 6 nitrogen and oxygen atoms in total. The number of aliphatic hydroxyl groups excluding tert-OH is 4. The van der Waals surface area contributed by atoms with Gasteiger partial charge < -0.3 is 29.9 Å². The van der Waals surface area contributed by atoms with Crippen LogP contribution in [-0.2, 0) is 9.47 Å². The maximum atomic E-state index is 11.1. The molecule has 2 fully saturated rings. The molecule has 4 rings (SSSR count).